The molecule has 18 heavy (non-hydrogen) atoms. The van der Waals surface area contributed by atoms with Crippen LogP contribution in [0.4, 0.5) is 11.8 Å². The van der Waals surface area contributed by atoms with E-state index in [4.69, 9.17) is 4.74 Å². The topological polar surface area (TPSA) is 54.4 Å². The second-order valence-electron chi connectivity index (χ2n) is 4.76. The lowest BCUT2D eigenvalue weighted by Gasteiger charge is -2.29. The molecule has 0 bridgehead atoms. The van der Waals surface area contributed by atoms with Gasteiger partial charge in [0.2, 0.25) is 5.95 Å². The zero-order valence-electron chi connectivity index (χ0n) is 10.6. The van der Waals surface area contributed by atoms with Crippen molar-refractivity contribution in [3.8, 4) is 0 Å². The minimum Gasteiger partial charge on any atom is -0.378 e. The second-order valence-corrected chi connectivity index (χ2v) is 4.76. The van der Waals surface area contributed by atoms with Gasteiger partial charge < -0.3 is 14.5 Å². The summed E-state index contributed by atoms with van der Waals surface area (Å²) >= 11 is 0. The number of hydrogen-bond acceptors (Lipinski definition) is 6. The van der Waals surface area contributed by atoms with Gasteiger partial charge in [-0.25, -0.2) is 0 Å². The number of piperidine rings is 1. The average Bonchev–Trinajstić information content (AvgIpc) is 2.49. The molecule has 0 saturated carbocycles. The van der Waals surface area contributed by atoms with Crippen LogP contribution in [-0.2, 0) is 4.74 Å². The van der Waals surface area contributed by atoms with E-state index in [0.717, 1.165) is 51.2 Å². The Bertz CT molecular complexity index is 355. The predicted octanol–water partition coefficient (Wildman–Crippen LogP) is 0.698. The summed E-state index contributed by atoms with van der Waals surface area (Å²) in [7, 11) is 0. The van der Waals surface area contributed by atoms with Crippen LogP contribution in [0.3, 0.4) is 0 Å². The molecule has 6 heteroatoms. The van der Waals surface area contributed by atoms with Crippen molar-refractivity contribution in [2.75, 3.05) is 49.2 Å². The third-order valence-electron chi connectivity index (χ3n) is 3.51. The predicted molar refractivity (Wildman–Crippen MR) is 68.9 cm³/mol. The standard InChI is InChI=1S/C12H19N5O/c1-2-4-17(5-3-1)12-14-11(10-13-15-12)16-6-8-18-9-7-16/h10H,1-9H2. The van der Waals surface area contributed by atoms with Crippen molar-refractivity contribution in [2.24, 2.45) is 0 Å². The third-order valence-corrected chi connectivity index (χ3v) is 3.51. The molecular weight excluding hydrogens is 230 g/mol. The van der Waals surface area contributed by atoms with E-state index in [9.17, 15) is 0 Å². The average molecular weight is 249 g/mol. The first-order chi connectivity index (χ1) is 8.93. The molecular formula is C12H19N5O. The molecule has 3 rings (SSSR count). The van der Waals surface area contributed by atoms with Crippen LogP contribution >= 0.6 is 0 Å². The van der Waals surface area contributed by atoms with E-state index in [-0.39, 0.29) is 0 Å². The summed E-state index contributed by atoms with van der Waals surface area (Å²) in [5, 5.41) is 8.26. The van der Waals surface area contributed by atoms with E-state index >= 15 is 0 Å². The van der Waals surface area contributed by atoms with E-state index in [2.05, 4.69) is 25.0 Å². The van der Waals surface area contributed by atoms with E-state index in [1.54, 1.807) is 6.20 Å². The maximum atomic E-state index is 5.35. The number of rotatable bonds is 2. The molecule has 0 aliphatic carbocycles. The van der Waals surface area contributed by atoms with Crippen LogP contribution in [0.5, 0.6) is 0 Å². The van der Waals surface area contributed by atoms with Gasteiger partial charge in [-0.15, -0.1) is 5.10 Å². The lowest BCUT2D eigenvalue weighted by atomic mass is 10.1. The van der Waals surface area contributed by atoms with Crippen molar-refractivity contribution < 1.29 is 4.74 Å². The van der Waals surface area contributed by atoms with Crippen LogP contribution in [0.1, 0.15) is 19.3 Å². The Morgan fingerprint density at radius 3 is 2.50 bits per heavy atom. The molecule has 2 fully saturated rings. The van der Waals surface area contributed by atoms with Crippen LogP contribution < -0.4 is 9.80 Å². The molecule has 6 nitrogen and oxygen atoms in total. The van der Waals surface area contributed by atoms with Crippen LogP contribution in [0.2, 0.25) is 0 Å². The van der Waals surface area contributed by atoms with E-state index in [1.165, 1.54) is 19.3 Å². The smallest absolute Gasteiger partial charge is 0.247 e. The van der Waals surface area contributed by atoms with Gasteiger partial charge >= 0.3 is 0 Å². The molecule has 1 aromatic rings. The van der Waals surface area contributed by atoms with Gasteiger partial charge in [0.1, 0.15) is 0 Å². The molecule has 0 N–H and O–H groups in total. The first kappa shape index (κ1) is 11.6. The number of nitrogens with zero attached hydrogens (tertiary/aromatic N) is 5. The first-order valence-electron chi connectivity index (χ1n) is 6.71. The van der Waals surface area contributed by atoms with Crippen molar-refractivity contribution in [3.05, 3.63) is 6.20 Å². The summed E-state index contributed by atoms with van der Waals surface area (Å²) in [5.41, 5.74) is 0. The van der Waals surface area contributed by atoms with Gasteiger partial charge in [0.25, 0.3) is 0 Å². The van der Waals surface area contributed by atoms with Crippen LogP contribution in [0.25, 0.3) is 0 Å². The zero-order chi connectivity index (χ0) is 12.2. The van der Waals surface area contributed by atoms with Crippen LogP contribution in [0.15, 0.2) is 6.20 Å². The highest BCUT2D eigenvalue weighted by Crippen LogP contribution is 2.18. The van der Waals surface area contributed by atoms with Gasteiger partial charge in [0.05, 0.1) is 19.4 Å². The Hall–Kier alpha value is -1.43. The molecule has 1 aromatic heterocycles. The van der Waals surface area contributed by atoms with Crippen LogP contribution in [0, 0.1) is 0 Å². The quantitative estimate of drug-likeness (QED) is 0.769. The fraction of sp³-hybridized carbons (Fsp3) is 0.750. The number of hydrogen-bond donors (Lipinski definition) is 0. The molecule has 0 radical (unpaired) electrons. The Labute approximate surface area is 107 Å². The third kappa shape index (κ3) is 2.53. The monoisotopic (exact) mass is 249 g/mol. The maximum Gasteiger partial charge on any atom is 0.247 e. The minimum atomic E-state index is 0.767. The van der Waals surface area contributed by atoms with Crippen molar-refractivity contribution in [2.45, 2.75) is 19.3 Å². The molecule has 2 saturated heterocycles. The van der Waals surface area contributed by atoms with Crippen molar-refractivity contribution in [1.82, 2.24) is 15.2 Å². The second kappa shape index (κ2) is 5.48. The largest absolute Gasteiger partial charge is 0.378 e. The van der Waals surface area contributed by atoms with Gasteiger partial charge in [-0.1, -0.05) is 0 Å². The lowest BCUT2D eigenvalue weighted by Crippen LogP contribution is -2.37. The fourth-order valence-electron chi connectivity index (χ4n) is 2.46. The molecule has 0 aromatic carbocycles. The van der Waals surface area contributed by atoms with E-state index < -0.39 is 0 Å². The van der Waals surface area contributed by atoms with Gasteiger partial charge in [-0.3, -0.25) is 0 Å². The SMILES string of the molecule is c1nnc(N2CCCCC2)nc1N1CCOCC1. The van der Waals surface area contributed by atoms with Gasteiger partial charge in [-0.2, -0.15) is 10.1 Å². The van der Waals surface area contributed by atoms with Crippen molar-refractivity contribution in [1.29, 1.82) is 0 Å². The van der Waals surface area contributed by atoms with E-state index in [1.807, 2.05) is 0 Å². The normalized spacial score (nSPS) is 21.1. The summed E-state index contributed by atoms with van der Waals surface area (Å²) in [6.45, 7) is 5.41. The van der Waals surface area contributed by atoms with Crippen molar-refractivity contribution >= 4 is 11.8 Å². The number of ether oxygens (including phenoxy) is 1. The summed E-state index contributed by atoms with van der Waals surface area (Å²) in [5.74, 6) is 1.70. The summed E-state index contributed by atoms with van der Waals surface area (Å²) in [6.07, 6.45) is 5.52. The van der Waals surface area contributed by atoms with Gasteiger partial charge in [-0.05, 0) is 19.3 Å². The molecule has 0 unspecified atom stereocenters. The summed E-state index contributed by atoms with van der Waals surface area (Å²) < 4.78 is 5.35. The Balaban J connectivity index is 1.75. The van der Waals surface area contributed by atoms with Crippen molar-refractivity contribution in [3.63, 3.8) is 0 Å². The summed E-state index contributed by atoms with van der Waals surface area (Å²) in [4.78, 5) is 9.09. The molecule has 2 aliphatic heterocycles. The number of morpholine rings is 1. The Morgan fingerprint density at radius 2 is 1.72 bits per heavy atom. The van der Waals surface area contributed by atoms with Gasteiger partial charge in [0.15, 0.2) is 5.82 Å². The van der Waals surface area contributed by atoms with Crippen LogP contribution in [-0.4, -0.2) is 54.6 Å². The summed E-state index contributed by atoms with van der Waals surface area (Å²) in [6, 6.07) is 0. The molecule has 2 aliphatic rings. The van der Waals surface area contributed by atoms with Gasteiger partial charge in [0, 0.05) is 26.2 Å². The van der Waals surface area contributed by atoms with E-state index in [0.29, 0.717) is 0 Å². The Morgan fingerprint density at radius 1 is 0.944 bits per heavy atom. The molecule has 0 amide bonds. The number of aromatic nitrogens is 3. The highest BCUT2D eigenvalue weighted by Gasteiger charge is 2.17. The Kier molecular flexibility index (Phi) is 3.54. The molecule has 0 atom stereocenters. The highest BCUT2D eigenvalue weighted by molar-refractivity contribution is 5.42. The maximum absolute atomic E-state index is 5.35. The number of anilines is 2. The lowest BCUT2D eigenvalue weighted by molar-refractivity contribution is 0.122. The zero-order valence-corrected chi connectivity index (χ0v) is 10.6. The highest BCUT2D eigenvalue weighted by atomic mass is 16.5. The molecule has 0 spiro atoms. The first-order valence-corrected chi connectivity index (χ1v) is 6.71. The fourth-order valence-corrected chi connectivity index (χ4v) is 2.46. The molecule has 3 heterocycles. The minimum absolute atomic E-state index is 0.767. The molecule has 98 valence electrons.